The zero-order valence-corrected chi connectivity index (χ0v) is 14.9. The summed E-state index contributed by atoms with van der Waals surface area (Å²) in [5.41, 5.74) is 4.01. The lowest BCUT2D eigenvalue weighted by Gasteiger charge is -2.29. The van der Waals surface area contributed by atoms with Gasteiger partial charge in [-0.1, -0.05) is 24.3 Å². The average molecular weight is 337 g/mol. The summed E-state index contributed by atoms with van der Waals surface area (Å²) < 4.78 is 2.18. The number of hydrogen-bond donors (Lipinski definition) is 1. The van der Waals surface area contributed by atoms with Crippen molar-refractivity contribution in [2.75, 3.05) is 13.1 Å². The topological polar surface area (TPSA) is 37.3 Å². The molecule has 0 unspecified atom stereocenters. The van der Waals surface area contributed by atoms with Crippen molar-refractivity contribution in [3.63, 3.8) is 0 Å². The standard InChI is InChI=1S/C21H27N3O/c1-23-13-5-11-19(23)20-12-6-14-24(20)15-21(25)22-18-10-4-8-16-7-2-3-9-17(16)18/h2-3,5,7,9,11,13,18,20H,4,6,8,10,12,14-15H2,1H3,(H,22,25)/t18-,20-/m0/s1. The van der Waals surface area contributed by atoms with Gasteiger partial charge in [0.2, 0.25) is 5.91 Å². The molecule has 1 amide bonds. The summed E-state index contributed by atoms with van der Waals surface area (Å²) in [6.07, 6.45) is 7.71. The van der Waals surface area contributed by atoms with Gasteiger partial charge in [-0.05, 0) is 61.9 Å². The van der Waals surface area contributed by atoms with Crippen LogP contribution in [-0.2, 0) is 18.3 Å². The van der Waals surface area contributed by atoms with Crippen LogP contribution in [0.1, 0.15) is 54.6 Å². The molecule has 1 aliphatic heterocycles. The molecule has 0 radical (unpaired) electrons. The number of aryl methyl sites for hydroxylation is 2. The van der Waals surface area contributed by atoms with Gasteiger partial charge in [0.25, 0.3) is 0 Å². The van der Waals surface area contributed by atoms with Crippen LogP contribution in [0.2, 0.25) is 0 Å². The SMILES string of the molecule is Cn1cccc1[C@@H]1CCCN1CC(=O)N[C@H]1CCCc2ccccc21. The van der Waals surface area contributed by atoms with E-state index < -0.39 is 0 Å². The number of benzene rings is 1. The number of carbonyl (C=O) groups is 1. The van der Waals surface area contributed by atoms with E-state index in [1.165, 1.54) is 16.8 Å². The molecule has 1 N–H and O–H groups in total. The van der Waals surface area contributed by atoms with Crippen LogP contribution in [0.15, 0.2) is 42.6 Å². The lowest BCUT2D eigenvalue weighted by molar-refractivity contribution is -0.123. The number of likely N-dealkylation sites (tertiary alicyclic amines) is 1. The molecule has 0 spiro atoms. The number of aromatic nitrogens is 1. The molecular formula is C21H27N3O. The second-order valence-corrected chi connectivity index (χ2v) is 7.38. The first-order valence-electron chi connectivity index (χ1n) is 9.45. The van der Waals surface area contributed by atoms with Crippen molar-refractivity contribution in [3.8, 4) is 0 Å². The number of amides is 1. The molecule has 2 heterocycles. The Kier molecular flexibility index (Phi) is 4.62. The van der Waals surface area contributed by atoms with E-state index in [1.54, 1.807) is 0 Å². The fraction of sp³-hybridized carbons (Fsp3) is 0.476. The van der Waals surface area contributed by atoms with Crippen molar-refractivity contribution in [1.82, 2.24) is 14.8 Å². The Morgan fingerprint density at radius 3 is 2.88 bits per heavy atom. The Labute approximate surface area is 149 Å². The van der Waals surface area contributed by atoms with E-state index in [0.29, 0.717) is 12.6 Å². The van der Waals surface area contributed by atoms with Crippen molar-refractivity contribution in [2.45, 2.75) is 44.2 Å². The largest absolute Gasteiger partial charge is 0.353 e. The molecule has 0 bridgehead atoms. The van der Waals surface area contributed by atoms with E-state index >= 15 is 0 Å². The molecule has 4 nitrogen and oxygen atoms in total. The van der Waals surface area contributed by atoms with Crippen LogP contribution in [0.25, 0.3) is 0 Å². The van der Waals surface area contributed by atoms with Crippen LogP contribution in [0, 0.1) is 0 Å². The Bertz CT molecular complexity index is 751. The van der Waals surface area contributed by atoms with Gasteiger partial charge in [-0.25, -0.2) is 0 Å². The fourth-order valence-corrected chi connectivity index (χ4v) is 4.50. The summed E-state index contributed by atoms with van der Waals surface area (Å²) in [6.45, 7) is 1.50. The highest BCUT2D eigenvalue weighted by Gasteiger charge is 2.30. The summed E-state index contributed by atoms with van der Waals surface area (Å²) in [7, 11) is 2.09. The molecule has 4 heteroatoms. The average Bonchev–Trinajstić information content (AvgIpc) is 3.23. The van der Waals surface area contributed by atoms with Gasteiger partial charge >= 0.3 is 0 Å². The molecule has 2 atom stereocenters. The van der Waals surface area contributed by atoms with Gasteiger partial charge in [0.05, 0.1) is 18.6 Å². The molecule has 132 valence electrons. The minimum absolute atomic E-state index is 0.155. The van der Waals surface area contributed by atoms with Crippen LogP contribution in [0.5, 0.6) is 0 Å². The molecule has 1 saturated heterocycles. The Morgan fingerprint density at radius 1 is 1.16 bits per heavy atom. The Hall–Kier alpha value is -2.07. The number of hydrogen-bond acceptors (Lipinski definition) is 2. The van der Waals surface area contributed by atoms with Gasteiger partial charge in [-0.2, -0.15) is 0 Å². The number of nitrogens with zero attached hydrogens (tertiary/aromatic N) is 2. The molecule has 1 aliphatic carbocycles. The van der Waals surface area contributed by atoms with Crippen molar-refractivity contribution in [2.24, 2.45) is 7.05 Å². The minimum Gasteiger partial charge on any atom is -0.353 e. The zero-order chi connectivity index (χ0) is 17.2. The molecule has 2 aromatic rings. The third-order valence-electron chi connectivity index (χ3n) is 5.74. The maximum Gasteiger partial charge on any atom is 0.234 e. The predicted molar refractivity (Wildman–Crippen MR) is 99.2 cm³/mol. The van der Waals surface area contributed by atoms with Crippen molar-refractivity contribution < 1.29 is 4.79 Å². The van der Waals surface area contributed by atoms with Gasteiger partial charge in [-0.15, -0.1) is 0 Å². The molecule has 0 saturated carbocycles. The summed E-state index contributed by atoms with van der Waals surface area (Å²) in [6, 6.07) is 13.3. The van der Waals surface area contributed by atoms with Crippen LogP contribution in [-0.4, -0.2) is 28.5 Å². The fourth-order valence-electron chi connectivity index (χ4n) is 4.50. The number of carbonyl (C=O) groups excluding carboxylic acids is 1. The van der Waals surface area contributed by atoms with Gasteiger partial charge in [-0.3, -0.25) is 9.69 Å². The summed E-state index contributed by atoms with van der Waals surface area (Å²) >= 11 is 0. The predicted octanol–water partition coefficient (Wildman–Crippen LogP) is 3.36. The molecule has 1 aromatic carbocycles. The Balaban J connectivity index is 1.42. The summed E-state index contributed by atoms with van der Waals surface area (Å²) in [4.78, 5) is 15.1. The van der Waals surface area contributed by atoms with E-state index in [9.17, 15) is 4.79 Å². The van der Waals surface area contributed by atoms with Crippen LogP contribution in [0.4, 0.5) is 0 Å². The molecular weight excluding hydrogens is 310 g/mol. The smallest absolute Gasteiger partial charge is 0.234 e. The van der Waals surface area contributed by atoms with E-state index in [-0.39, 0.29) is 11.9 Å². The number of nitrogens with one attached hydrogen (secondary N) is 1. The first kappa shape index (κ1) is 16.4. The maximum atomic E-state index is 12.7. The highest BCUT2D eigenvalue weighted by Crippen LogP contribution is 2.32. The number of rotatable bonds is 4. The first-order chi connectivity index (χ1) is 12.2. The van der Waals surface area contributed by atoms with E-state index in [0.717, 1.165) is 38.6 Å². The number of fused-ring (bicyclic) bond motifs is 1. The molecule has 25 heavy (non-hydrogen) atoms. The molecule has 1 fully saturated rings. The third-order valence-corrected chi connectivity index (χ3v) is 5.74. The first-order valence-corrected chi connectivity index (χ1v) is 9.45. The van der Waals surface area contributed by atoms with Crippen molar-refractivity contribution in [3.05, 3.63) is 59.4 Å². The molecule has 1 aromatic heterocycles. The van der Waals surface area contributed by atoms with Gasteiger partial charge in [0, 0.05) is 18.9 Å². The quantitative estimate of drug-likeness (QED) is 0.929. The minimum atomic E-state index is 0.155. The van der Waals surface area contributed by atoms with E-state index in [1.807, 2.05) is 0 Å². The van der Waals surface area contributed by atoms with E-state index in [4.69, 9.17) is 0 Å². The van der Waals surface area contributed by atoms with Gasteiger partial charge in [0.1, 0.15) is 0 Å². The monoisotopic (exact) mass is 337 g/mol. The molecule has 4 rings (SSSR count). The maximum absolute atomic E-state index is 12.7. The highest BCUT2D eigenvalue weighted by molar-refractivity contribution is 5.78. The van der Waals surface area contributed by atoms with Crippen molar-refractivity contribution >= 4 is 5.91 Å². The second kappa shape index (κ2) is 7.04. The second-order valence-electron chi connectivity index (χ2n) is 7.38. The van der Waals surface area contributed by atoms with Gasteiger partial charge < -0.3 is 9.88 Å². The van der Waals surface area contributed by atoms with Crippen LogP contribution in [0.3, 0.4) is 0 Å². The van der Waals surface area contributed by atoms with Gasteiger partial charge in [0.15, 0.2) is 0 Å². The van der Waals surface area contributed by atoms with Crippen molar-refractivity contribution in [1.29, 1.82) is 0 Å². The zero-order valence-electron chi connectivity index (χ0n) is 14.9. The van der Waals surface area contributed by atoms with Crippen LogP contribution >= 0.6 is 0 Å². The Morgan fingerprint density at radius 2 is 2.04 bits per heavy atom. The molecule has 2 aliphatic rings. The highest BCUT2D eigenvalue weighted by atomic mass is 16.2. The summed E-state index contributed by atoms with van der Waals surface area (Å²) in [5.74, 6) is 0.155. The van der Waals surface area contributed by atoms with Crippen LogP contribution < -0.4 is 5.32 Å². The summed E-state index contributed by atoms with van der Waals surface area (Å²) in [5, 5.41) is 3.30. The lowest BCUT2D eigenvalue weighted by atomic mass is 9.88. The van der Waals surface area contributed by atoms with E-state index in [2.05, 4.69) is 64.4 Å². The normalized spacial score (nSPS) is 23.4. The lowest BCUT2D eigenvalue weighted by Crippen LogP contribution is -2.39. The third kappa shape index (κ3) is 3.36.